The van der Waals surface area contributed by atoms with Gasteiger partial charge in [0.2, 0.25) is 0 Å². The van der Waals surface area contributed by atoms with E-state index in [0.29, 0.717) is 17.7 Å². The Kier molecular flexibility index (Phi) is 2.21. The second kappa shape index (κ2) is 4.49. The minimum atomic E-state index is -2.37. The normalized spacial score (nSPS) is 39.0. The van der Waals surface area contributed by atoms with Gasteiger partial charge in [0, 0.05) is 11.5 Å². The predicted octanol–water partition coefficient (Wildman–Crippen LogP) is 3.38. The molecule has 0 amide bonds. The summed E-state index contributed by atoms with van der Waals surface area (Å²) in [5.74, 6) is 1.21. The van der Waals surface area contributed by atoms with E-state index >= 15 is 0 Å². The molecule has 0 spiro atoms. The third-order valence-electron chi connectivity index (χ3n) is 6.20. The highest BCUT2D eigenvalue weighted by Gasteiger charge is 2.53. The van der Waals surface area contributed by atoms with E-state index in [1.165, 1.54) is 43.2 Å². The lowest BCUT2D eigenvalue weighted by atomic mass is 9.52. The van der Waals surface area contributed by atoms with Crippen LogP contribution in [0.4, 0.5) is 0 Å². The summed E-state index contributed by atoms with van der Waals surface area (Å²) in [4.78, 5) is 2.55. The molecule has 0 N–H and O–H groups in total. The van der Waals surface area contributed by atoms with Crippen molar-refractivity contribution >= 4 is 0 Å². The molecule has 0 aromatic heterocycles. The average Bonchev–Trinajstić information content (AvgIpc) is 2.50. The van der Waals surface area contributed by atoms with E-state index in [4.69, 9.17) is 8.85 Å². The summed E-state index contributed by atoms with van der Waals surface area (Å²) in [7, 11) is -0.109. The van der Waals surface area contributed by atoms with Gasteiger partial charge in [-0.3, -0.25) is 0 Å². The van der Waals surface area contributed by atoms with Crippen LogP contribution in [0.5, 0.6) is 5.75 Å². The molecule has 1 aromatic carbocycles. The number of hydrogen-bond donors (Lipinski definition) is 0. The van der Waals surface area contributed by atoms with Crippen LogP contribution < -0.4 is 4.74 Å². The molecule has 1 saturated heterocycles. The molecular formula is C18H25NO. The van der Waals surface area contributed by atoms with Crippen molar-refractivity contribution in [2.45, 2.75) is 50.0 Å². The highest BCUT2D eigenvalue weighted by Crippen LogP contribution is 2.55. The molecule has 1 aromatic rings. The highest BCUT2D eigenvalue weighted by molar-refractivity contribution is 5.45. The van der Waals surface area contributed by atoms with Gasteiger partial charge in [-0.1, -0.05) is 18.9 Å². The Morgan fingerprint density at radius 3 is 3.20 bits per heavy atom. The molecule has 1 aliphatic heterocycles. The summed E-state index contributed by atoms with van der Waals surface area (Å²) in [6.07, 6.45) is 7.44. The Morgan fingerprint density at radius 1 is 1.35 bits per heavy atom. The van der Waals surface area contributed by atoms with Crippen molar-refractivity contribution in [1.29, 1.82) is 0 Å². The molecule has 108 valence electrons. The van der Waals surface area contributed by atoms with Gasteiger partial charge >= 0.3 is 0 Å². The molecular weight excluding hydrogens is 246 g/mol. The first-order valence-corrected chi connectivity index (χ1v) is 7.92. The summed E-state index contributed by atoms with van der Waals surface area (Å²) in [5, 5.41) is 0. The van der Waals surface area contributed by atoms with Crippen LogP contribution in [0.2, 0.25) is 0 Å². The molecule has 2 aliphatic carbocycles. The number of ether oxygens (including phenoxy) is 1. The monoisotopic (exact) mass is 274 g/mol. The third kappa shape index (κ3) is 1.60. The molecule has 2 fully saturated rings. The van der Waals surface area contributed by atoms with Crippen LogP contribution in [0.3, 0.4) is 0 Å². The highest BCUT2D eigenvalue weighted by atomic mass is 16.5. The fourth-order valence-corrected chi connectivity index (χ4v) is 5.24. The van der Waals surface area contributed by atoms with Gasteiger partial charge < -0.3 is 9.64 Å². The van der Waals surface area contributed by atoms with Crippen LogP contribution >= 0.6 is 0 Å². The van der Waals surface area contributed by atoms with Gasteiger partial charge in [0.25, 0.3) is 0 Å². The van der Waals surface area contributed by atoms with E-state index < -0.39 is 7.04 Å². The summed E-state index contributed by atoms with van der Waals surface area (Å²) in [5.41, 5.74) is 3.03. The van der Waals surface area contributed by atoms with Crippen molar-refractivity contribution in [3.05, 3.63) is 29.3 Å². The second-order valence-electron chi connectivity index (χ2n) is 6.93. The van der Waals surface area contributed by atoms with Gasteiger partial charge in [-0.25, -0.2) is 0 Å². The number of nitrogens with zero attached hydrogens (tertiary/aromatic N) is 1. The summed E-state index contributed by atoms with van der Waals surface area (Å²) < 4.78 is 27.3. The zero-order chi connectivity index (χ0) is 16.2. The van der Waals surface area contributed by atoms with E-state index in [1.807, 2.05) is 12.1 Å². The average molecular weight is 274 g/mol. The number of rotatable bonds is 1. The molecule has 2 bridgehead atoms. The van der Waals surface area contributed by atoms with Gasteiger partial charge in [0.05, 0.1) is 11.2 Å². The molecule has 4 rings (SSSR count). The van der Waals surface area contributed by atoms with Crippen molar-refractivity contribution in [2.75, 3.05) is 20.6 Å². The minimum absolute atomic E-state index is 0.247. The standard InChI is InChI=1S/C18H25NO/c1-19-10-9-18-8-4-3-5-15(18)17(19)11-13-6-7-14(20-2)12-16(13)18/h6-7,12,15,17H,3-5,8-11H2,1-2H3/t15-,17+,18?/m1/s1/i2D3. The van der Waals surface area contributed by atoms with Crippen molar-refractivity contribution in [2.24, 2.45) is 5.92 Å². The van der Waals surface area contributed by atoms with Gasteiger partial charge in [-0.15, -0.1) is 0 Å². The van der Waals surface area contributed by atoms with E-state index in [-0.39, 0.29) is 5.41 Å². The Balaban J connectivity index is 1.79. The van der Waals surface area contributed by atoms with Crippen LogP contribution in [-0.4, -0.2) is 31.6 Å². The van der Waals surface area contributed by atoms with Gasteiger partial charge in [0.15, 0.2) is 0 Å². The molecule has 1 unspecified atom stereocenters. The first-order chi connectivity index (χ1) is 10.9. The van der Waals surface area contributed by atoms with Gasteiger partial charge in [-0.05, 0) is 68.5 Å². The smallest absolute Gasteiger partial charge is 0.119 e. The number of likely N-dealkylation sites (N-methyl/N-ethyl adjacent to an activating group) is 1. The maximum atomic E-state index is 7.36. The molecule has 3 atom stereocenters. The maximum Gasteiger partial charge on any atom is 0.119 e. The summed E-state index contributed by atoms with van der Waals surface area (Å²) in [6.45, 7) is 1.14. The molecule has 2 nitrogen and oxygen atoms in total. The number of methoxy groups -OCH3 is 1. The zero-order valence-corrected chi connectivity index (χ0v) is 12.2. The van der Waals surface area contributed by atoms with E-state index in [0.717, 1.165) is 13.0 Å². The largest absolute Gasteiger partial charge is 0.497 e. The molecule has 20 heavy (non-hydrogen) atoms. The topological polar surface area (TPSA) is 12.5 Å². The number of benzene rings is 1. The zero-order valence-electron chi connectivity index (χ0n) is 15.2. The maximum absolute atomic E-state index is 7.36. The minimum Gasteiger partial charge on any atom is -0.497 e. The van der Waals surface area contributed by atoms with E-state index in [2.05, 4.69) is 18.0 Å². The first-order valence-electron chi connectivity index (χ1n) is 9.42. The Bertz CT molecular complexity index is 615. The quantitative estimate of drug-likeness (QED) is 0.778. The number of fused-ring (bicyclic) bond motifs is 1. The lowest BCUT2D eigenvalue weighted by Crippen LogP contribution is -2.59. The fourth-order valence-electron chi connectivity index (χ4n) is 5.24. The molecule has 2 heteroatoms. The Labute approximate surface area is 126 Å². The Morgan fingerprint density at radius 2 is 2.30 bits per heavy atom. The van der Waals surface area contributed by atoms with Crippen molar-refractivity contribution in [3.63, 3.8) is 0 Å². The summed E-state index contributed by atoms with van der Waals surface area (Å²) in [6, 6.07) is 6.63. The third-order valence-corrected chi connectivity index (χ3v) is 6.20. The van der Waals surface area contributed by atoms with Crippen molar-refractivity contribution in [1.82, 2.24) is 4.90 Å². The van der Waals surface area contributed by atoms with Crippen molar-refractivity contribution in [3.8, 4) is 5.75 Å². The van der Waals surface area contributed by atoms with E-state index in [1.54, 1.807) is 0 Å². The predicted molar refractivity (Wildman–Crippen MR) is 81.4 cm³/mol. The van der Waals surface area contributed by atoms with E-state index in [9.17, 15) is 0 Å². The first kappa shape index (κ1) is 9.83. The molecule has 1 saturated carbocycles. The number of piperidine rings is 1. The molecule has 3 aliphatic rings. The van der Waals surface area contributed by atoms with Crippen LogP contribution in [0.1, 0.15) is 47.3 Å². The molecule has 0 radical (unpaired) electrons. The van der Waals surface area contributed by atoms with Gasteiger partial charge in [0.1, 0.15) is 5.75 Å². The van der Waals surface area contributed by atoms with Crippen LogP contribution in [0, 0.1) is 5.92 Å². The van der Waals surface area contributed by atoms with Gasteiger partial charge in [-0.2, -0.15) is 0 Å². The van der Waals surface area contributed by atoms with Crippen LogP contribution in [-0.2, 0) is 11.8 Å². The van der Waals surface area contributed by atoms with Crippen LogP contribution in [0.25, 0.3) is 0 Å². The number of hydrogen-bond acceptors (Lipinski definition) is 2. The van der Waals surface area contributed by atoms with Crippen LogP contribution in [0.15, 0.2) is 18.2 Å². The summed E-state index contributed by atoms with van der Waals surface area (Å²) >= 11 is 0. The molecule has 1 heterocycles. The van der Waals surface area contributed by atoms with Crippen molar-refractivity contribution < 1.29 is 8.85 Å². The second-order valence-corrected chi connectivity index (χ2v) is 6.93. The lowest BCUT2D eigenvalue weighted by Gasteiger charge is -2.58. The Hall–Kier alpha value is -1.02. The lowest BCUT2D eigenvalue weighted by molar-refractivity contribution is 0.00274. The number of likely N-dealkylation sites (tertiary alicyclic amines) is 1. The SMILES string of the molecule is [2H]C([2H])([2H])Oc1ccc2c(c1)C13CCCC[C@@H]1[C@H](C2)N(C)CC3. The fraction of sp³-hybridized carbons (Fsp3) is 0.667.